The molecular weight excluding hydrogens is 739 g/mol. The Morgan fingerprint density at radius 3 is 2.28 bits per heavy atom. The number of fused-ring (bicyclic) bond motifs is 2. The van der Waals surface area contributed by atoms with Crippen molar-refractivity contribution in [3.05, 3.63) is 136 Å². The molecule has 1 amide bonds. The molecule has 3 heterocycles. The van der Waals surface area contributed by atoms with Gasteiger partial charge < -0.3 is 20.3 Å². The van der Waals surface area contributed by atoms with Crippen molar-refractivity contribution in [2.75, 3.05) is 62.7 Å². The number of morpholine rings is 1. The third kappa shape index (κ3) is 9.58. The molecule has 0 radical (unpaired) electrons. The first-order valence-corrected chi connectivity index (χ1v) is 23.0. The predicted molar refractivity (Wildman–Crippen MR) is 251 cm³/mol. The van der Waals surface area contributed by atoms with E-state index in [0.29, 0.717) is 12.1 Å². The number of carbonyl (C=O) groups excluding carboxylic acids is 1. The fraction of sp³-hybridized carbons (Fsp3) is 0.472. The van der Waals surface area contributed by atoms with Gasteiger partial charge >= 0.3 is 0 Å². The second kappa shape index (κ2) is 19.8. The van der Waals surface area contributed by atoms with Crippen molar-refractivity contribution in [1.82, 2.24) is 10.2 Å². The molecule has 0 unspecified atom stereocenters. The Morgan fingerprint density at radius 1 is 0.783 bits per heavy atom. The maximum absolute atomic E-state index is 13.2. The smallest absolute Gasteiger partial charge is 0.251 e. The van der Waals surface area contributed by atoms with Gasteiger partial charge in [-0.15, -0.1) is 0 Å². The van der Waals surface area contributed by atoms with Gasteiger partial charge in [-0.05, 0) is 112 Å². The minimum atomic E-state index is -0.102. The fourth-order valence-corrected chi connectivity index (χ4v) is 9.66. The highest BCUT2D eigenvalue weighted by Gasteiger charge is 2.44. The van der Waals surface area contributed by atoms with E-state index in [2.05, 4.69) is 152 Å². The molecule has 318 valence electrons. The number of hydrogen-bond donors (Lipinski definition) is 2. The third-order valence-corrected chi connectivity index (χ3v) is 13.2. The summed E-state index contributed by atoms with van der Waals surface area (Å²) >= 11 is 0. The number of carbonyl (C=O) groups is 1. The van der Waals surface area contributed by atoms with E-state index in [1.807, 2.05) is 12.1 Å². The van der Waals surface area contributed by atoms with Crippen LogP contribution in [0.5, 0.6) is 0 Å². The van der Waals surface area contributed by atoms with Crippen molar-refractivity contribution >= 4 is 28.7 Å². The van der Waals surface area contributed by atoms with Crippen LogP contribution < -0.4 is 15.5 Å². The van der Waals surface area contributed by atoms with E-state index in [1.165, 1.54) is 70.0 Å². The molecule has 0 saturated carbocycles. The topological polar surface area (TPSA) is 59.9 Å². The van der Waals surface area contributed by atoms with Crippen molar-refractivity contribution in [3.8, 4) is 0 Å². The summed E-state index contributed by atoms with van der Waals surface area (Å²) in [6.45, 7) is 21.3. The number of benzene rings is 3. The van der Waals surface area contributed by atoms with Crippen LogP contribution in [0.2, 0.25) is 0 Å². The number of rotatable bonds is 17. The van der Waals surface area contributed by atoms with Crippen molar-refractivity contribution in [3.63, 3.8) is 0 Å². The highest BCUT2D eigenvalue weighted by atomic mass is 16.5. The molecule has 7 nitrogen and oxygen atoms in total. The SMILES string of the molecule is CCCCC[N+]1=C(/C=C/C2=C(Nc3ccc(C(=O)NCCCN4CCOCC4)cc3)C(=C/C=C3/N(CCCC)c4ccccc4C3(C)C)/CCC2)C(C)(C)c2ccccc21. The van der Waals surface area contributed by atoms with Crippen molar-refractivity contribution in [1.29, 1.82) is 0 Å². The lowest BCUT2D eigenvalue weighted by atomic mass is 9.81. The maximum atomic E-state index is 13.2. The van der Waals surface area contributed by atoms with Gasteiger partial charge in [-0.25, -0.2) is 0 Å². The second-order valence-corrected chi connectivity index (χ2v) is 18.1. The molecule has 7 heteroatoms. The molecule has 3 aromatic rings. The molecule has 3 aliphatic heterocycles. The van der Waals surface area contributed by atoms with E-state index in [0.717, 1.165) is 90.1 Å². The summed E-state index contributed by atoms with van der Waals surface area (Å²) in [7, 11) is 0. The molecule has 0 spiro atoms. The molecular formula is C53H70N5O2+. The highest BCUT2D eigenvalue weighted by molar-refractivity contribution is 6.03. The van der Waals surface area contributed by atoms with Gasteiger partial charge in [-0.1, -0.05) is 89.1 Å². The Balaban J connectivity index is 1.21. The number of nitrogens with zero attached hydrogens (tertiary/aromatic N) is 3. The third-order valence-electron chi connectivity index (χ3n) is 13.2. The number of hydrogen-bond acceptors (Lipinski definition) is 5. The standard InChI is InChI=1S/C53H69N5O2/c1-7-9-15-35-58-47-23-14-12-21-45(47)53(5,6)49(58)31-27-41-19-16-18-40(26-30-48-52(3,4)44-20-11-13-22-46(44)57(48)34-10-8-2)50(41)55-43-28-24-42(25-29-43)51(59)54-32-17-33-56-36-38-60-39-37-56/h11-14,20-31H,7-10,15-19,32-39H2,1-6H3,(H,54,59)/p+1/b40-26+,48-30+. The van der Waals surface area contributed by atoms with Crippen LogP contribution in [-0.4, -0.2) is 73.6 Å². The van der Waals surface area contributed by atoms with Gasteiger partial charge in [-0.3, -0.25) is 9.69 Å². The number of nitrogens with one attached hydrogen (secondary N) is 2. The number of amides is 1. The first kappa shape index (κ1) is 43.4. The minimum absolute atomic E-state index is 0.0234. The Kier molecular flexibility index (Phi) is 14.3. The summed E-state index contributed by atoms with van der Waals surface area (Å²) < 4.78 is 8.06. The first-order valence-electron chi connectivity index (χ1n) is 23.0. The van der Waals surface area contributed by atoms with Crippen LogP contribution in [0.1, 0.15) is 121 Å². The Labute approximate surface area is 361 Å². The van der Waals surface area contributed by atoms with Crippen LogP contribution in [0.3, 0.4) is 0 Å². The monoisotopic (exact) mass is 809 g/mol. The number of allylic oxidation sites excluding steroid dienone is 7. The van der Waals surface area contributed by atoms with Crippen LogP contribution in [0.25, 0.3) is 0 Å². The highest BCUT2D eigenvalue weighted by Crippen LogP contribution is 2.48. The maximum Gasteiger partial charge on any atom is 0.251 e. The molecule has 3 aromatic carbocycles. The quantitative estimate of drug-likeness (QED) is 0.105. The average Bonchev–Trinajstić information content (AvgIpc) is 3.61. The predicted octanol–water partition coefficient (Wildman–Crippen LogP) is 11.2. The molecule has 1 fully saturated rings. The summed E-state index contributed by atoms with van der Waals surface area (Å²) in [6, 6.07) is 26.0. The number of ether oxygens (including phenoxy) is 1. The molecule has 0 atom stereocenters. The van der Waals surface area contributed by atoms with Gasteiger partial charge in [0.2, 0.25) is 5.69 Å². The Bertz CT molecular complexity index is 2130. The van der Waals surface area contributed by atoms with Crippen LogP contribution in [0, 0.1) is 0 Å². The van der Waals surface area contributed by atoms with Gasteiger partial charge in [0.05, 0.1) is 18.6 Å². The lowest BCUT2D eigenvalue weighted by Gasteiger charge is -2.28. The van der Waals surface area contributed by atoms with E-state index in [1.54, 1.807) is 0 Å². The van der Waals surface area contributed by atoms with Crippen LogP contribution in [0.15, 0.2) is 120 Å². The zero-order valence-electron chi connectivity index (χ0n) is 37.4. The van der Waals surface area contributed by atoms with Gasteiger partial charge in [0.15, 0.2) is 5.71 Å². The second-order valence-electron chi connectivity index (χ2n) is 18.1. The van der Waals surface area contributed by atoms with E-state index >= 15 is 0 Å². The molecule has 2 N–H and O–H groups in total. The van der Waals surface area contributed by atoms with Crippen LogP contribution in [-0.2, 0) is 15.6 Å². The zero-order chi connectivity index (χ0) is 42.1. The van der Waals surface area contributed by atoms with Crippen molar-refractivity contribution in [2.24, 2.45) is 0 Å². The fourth-order valence-electron chi connectivity index (χ4n) is 9.66. The molecule has 4 aliphatic rings. The number of para-hydroxylation sites is 2. The molecule has 60 heavy (non-hydrogen) atoms. The van der Waals surface area contributed by atoms with Gasteiger partial charge in [-0.2, -0.15) is 4.58 Å². The van der Waals surface area contributed by atoms with E-state index in [4.69, 9.17) is 4.74 Å². The van der Waals surface area contributed by atoms with Crippen molar-refractivity contribution in [2.45, 2.75) is 110 Å². The van der Waals surface area contributed by atoms with Gasteiger partial charge in [0, 0.05) is 84.1 Å². The molecule has 0 aromatic heterocycles. The molecule has 1 saturated heterocycles. The van der Waals surface area contributed by atoms with E-state index in [9.17, 15) is 4.79 Å². The van der Waals surface area contributed by atoms with Crippen LogP contribution in [0.4, 0.5) is 17.1 Å². The molecule has 7 rings (SSSR count). The van der Waals surface area contributed by atoms with Crippen LogP contribution >= 0.6 is 0 Å². The zero-order valence-corrected chi connectivity index (χ0v) is 37.4. The van der Waals surface area contributed by atoms with E-state index in [-0.39, 0.29) is 16.7 Å². The van der Waals surface area contributed by atoms with Gasteiger partial charge in [0.1, 0.15) is 6.54 Å². The summed E-state index contributed by atoms with van der Waals surface area (Å²) in [5.74, 6) is -0.0234. The largest absolute Gasteiger partial charge is 0.379 e. The van der Waals surface area contributed by atoms with Gasteiger partial charge in [0.25, 0.3) is 5.91 Å². The molecule has 0 bridgehead atoms. The number of anilines is 2. The van der Waals surface area contributed by atoms with E-state index < -0.39 is 0 Å². The molecule has 1 aliphatic carbocycles. The number of unbranched alkanes of at least 4 members (excludes halogenated alkanes) is 3. The normalized spacial score (nSPS) is 20.1. The summed E-state index contributed by atoms with van der Waals surface area (Å²) in [5, 5.41) is 7.05. The Hall–Kier alpha value is -4.72. The summed E-state index contributed by atoms with van der Waals surface area (Å²) in [4.78, 5) is 18.2. The first-order chi connectivity index (χ1) is 29.1. The van der Waals surface area contributed by atoms with Crippen molar-refractivity contribution < 1.29 is 14.1 Å². The Morgan fingerprint density at radius 2 is 1.52 bits per heavy atom. The average molecular weight is 809 g/mol. The summed E-state index contributed by atoms with van der Waals surface area (Å²) in [6.07, 6.45) is 19.6. The lowest BCUT2D eigenvalue weighted by molar-refractivity contribution is -0.438. The lowest BCUT2D eigenvalue weighted by Crippen LogP contribution is -2.38. The minimum Gasteiger partial charge on any atom is -0.379 e. The summed E-state index contributed by atoms with van der Waals surface area (Å²) in [5.41, 5.74) is 13.5.